The number of ether oxygens (including phenoxy) is 2. The van der Waals surface area contributed by atoms with Crippen LogP contribution in [0.5, 0.6) is 0 Å². The largest absolute Gasteiger partial charge is 0.465 e. The van der Waals surface area contributed by atoms with Crippen molar-refractivity contribution in [2.24, 2.45) is 0 Å². The Morgan fingerprint density at radius 2 is 1.86 bits per heavy atom. The summed E-state index contributed by atoms with van der Waals surface area (Å²) in [4.78, 5) is 36.2. The van der Waals surface area contributed by atoms with E-state index in [9.17, 15) is 14.4 Å². The highest BCUT2D eigenvalue weighted by Gasteiger charge is 2.28. The van der Waals surface area contributed by atoms with Crippen LogP contribution in [-0.4, -0.2) is 72.6 Å². The second-order valence-corrected chi connectivity index (χ2v) is 5.82. The Morgan fingerprint density at radius 3 is 2.36 bits per heavy atom. The van der Waals surface area contributed by atoms with Crippen molar-refractivity contribution in [2.45, 2.75) is 32.4 Å². The Kier molecular flexibility index (Phi) is 6.41. The molecule has 0 spiro atoms. The van der Waals surface area contributed by atoms with Crippen LogP contribution in [0.1, 0.15) is 20.8 Å². The van der Waals surface area contributed by atoms with Gasteiger partial charge in [-0.25, -0.2) is 9.59 Å². The summed E-state index contributed by atoms with van der Waals surface area (Å²) in [6.07, 6.45) is -2.04. The van der Waals surface area contributed by atoms with Gasteiger partial charge in [-0.2, -0.15) is 0 Å². The lowest BCUT2D eigenvalue weighted by Crippen LogP contribution is -2.55. The number of morpholine rings is 1. The zero-order chi connectivity index (χ0) is 16.8. The van der Waals surface area contributed by atoms with E-state index in [0.29, 0.717) is 26.3 Å². The number of carboxylic acid groups (broad SMARTS) is 1. The van der Waals surface area contributed by atoms with E-state index in [-0.39, 0.29) is 6.54 Å². The number of carbonyl (C=O) groups is 3. The van der Waals surface area contributed by atoms with E-state index in [4.69, 9.17) is 14.6 Å². The average molecular weight is 317 g/mol. The minimum absolute atomic E-state index is 0.183. The number of nitrogens with zero attached hydrogens (tertiary/aromatic N) is 1. The van der Waals surface area contributed by atoms with Gasteiger partial charge in [-0.05, 0) is 20.8 Å². The van der Waals surface area contributed by atoms with Crippen LogP contribution in [0.15, 0.2) is 0 Å². The van der Waals surface area contributed by atoms with Gasteiger partial charge < -0.3 is 30.1 Å². The van der Waals surface area contributed by atoms with Crippen molar-refractivity contribution >= 4 is 18.1 Å². The van der Waals surface area contributed by atoms with Crippen LogP contribution in [0.25, 0.3) is 0 Å². The standard InChI is InChI=1S/C13H23N3O6/c1-13(2,3)22-12(20)14-8-9(15-11(18)19)10(17)16-4-6-21-7-5-16/h9,15H,4-8H2,1-3H3,(H,14,20)(H,18,19)/t9-/m1/s1. The molecular formula is C13H23N3O6. The first-order chi connectivity index (χ1) is 10.2. The van der Waals surface area contributed by atoms with Gasteiger partial charge in [-0.1, -0.05) is 0 Å². The molecule has 1 aliphatic heterocycles. The number of nitrogens with one attached hydrogen (secondary N) is 2. The molecule has 0 bridgehead atoms. The summed E-state index contributed by atoms with van der Waals surface area (Å²) in [6, 6.07) is -1.07. The van der Waals surface area contributed by atoms with Crippen molar-refractivity contribution in [1.29, 1.82) is 0 Å². The lowest BCUT2D eigenvalue weighted by Gasteiger charge is -2.30. The summed E-state index contributed by atoms with van der Waals surface area (Å²) in [5, 5.41) is 13.3. The van der Waals surface area contributed by atoms with Gasteiger partial charge in [0.25, 0.3) is 0 Å². The van der Waals surface area contributed by atoms with E-state index >= 15 is 0 Å². The molecule has 3 N–H and O–H groups in total. The molecule has 1 aliphatic rings. The van der Waals surface area contributed by atoms with Crippen LogP contribution in [0.4, 0.5) is 9.59 Å². The van der Waals surface area contributed by atoms with Crippen molar-refractivity contribution in [1.82, 2.24) is 15.5 Å². The molecular weight excluding hydrogens is 294 g/mol. The topological polar surface area (TPSA) is 117 Å². The molecule has 9 nitrogen and oxygen atoms in total. The Balaban J connectivity index is 2.58. The highest BCUT2D eigenvalue weighted by molar-refractivity contribution is 5.86. The number of carbonyl (C=O) groups excluding carboxylic acids is 2. The molecule has 22 heavy (non-hydrogen) atoms. The van der Waals surface area contributed by atoms with E-state index in [0.717, 1.165) is 0 Å². The minimum Gasteiger partial charge on any atom is -0.465 e. The van der Waals surface area contributed by atoms with Crippen molar-refractivity contribution in [2.75, 3.05) is 32.8 Å². The third kappa shape index (κ3) is 6.61. The predicted octanol–water partition coefficient (Wildman–Crippen LogP) is 0.00610. The maximum Gasteiger partial charge on any atom is 0.407 e. The normalized spacial score (nSPS) is 16.6. The van der Waals surface area contributed by atoms with E-state index in [1.807, 2.05) is 0 Å². The molecule has 0 aromatic carbocycles. The fourth-order valence-corrected chi connectivity index (χ4v) is 1.85. The summed E-state index contributed by atoms with van der Waals surface area (Å²) < 4.78 is 10.2. The first-order valence-electron chi connectivity index (χ1n) is 7.02. The zero-order valence-corrected chi connectivity index (χ0v) is 13.0. The highest BCUT2D eigenvalue weighted by atomic mass is 16.6. The summed E-state index contributed by atoms with van der Waals surface area (Å²) >= 11 is 0. The molecule has 1 fully saturated rings. The van der Waals surface area contributed by atoms with E-state index < -0.39 is 29.7 Å². The fourth-order valence-electron chi connectivity index (χ4n) is 1.85. The highest BCUT2D eigenvalue weighted by Crippen LogP contribution is 2.06. The molecule has 1 rings (SSSR count). The van der Waals surface area contributed by atoms with Crippen molar-refractivity contribution in [3.05, 3.63) is 0 Å². The molecule has 126 valence electrons. The smallest absolute Gasteiger partial charge is 0.407 e. The Bertz CT molecular complexity index is 414. The van der Waals surface area contributed by atoms with Crippen LogP contribution in [-0.2, 0) is 14.3 Å². The van der Waals surface area contributed by atoms with Gasteiger partial charge in [0, 0.05) is 13.1 Å². The van der Waals surface area contributed by atoms with Crippen LogP contribution in [0, 0.1) is 0 Å². The first-order valence-corrected chi connectivity index (χ1v) is 7.02. The van der Waals surface area contributed by atoms with E-state index in [1.165, 1.54) is 4.90 Å². The van der Waals surface area contributed by atoms with Crippen LogP contribution >= 0.6 is 0 Å². The molecule has 0 aromatic rings. The minimum atomic E-state index is -1.34. The number of hydrogen-bond acceptors (Lipinski definition) is 5. The number of rotatable bonds is 4. The Labute approximate surface area is 128 Å². The van der Waals surface area contributed by atoms with Crippen LogP contribution in [0.2, 0.25) is 0 Å². The van der Waals surface area contributed by atoms with E-state index in [1.54, 1.807) is 20.8 Å². The van der Waals surface area contributed by atoms with Gasteiger partial charge in [0.2, 0.25) is 5.91 Å². The van der Waals surface area contributed by atoms with Gasteiger partial charge >= 0.3 is 12.2 Å². The Hall–Kier alpha value is -2.03. The molecule has 0 aromatic heterocycles. The number of alkyl carbamates (subject to hydrolysis) is 1. The molecule has 1 heterocycles. The van der Waals surface area contributed by atoms with Crippen molar-refractivity contribution in [3.8, 4) is 0 Å². The van der Waals surface area contributed by atoms with Crippen molar-refractivity contribution < 1.29 is 29.0 Å². The molecule has 0 radical (unpaired) electrons. The number of amides is 3. The molecule has 3 amide bonds. The summed E-state index contributed by atoms with van der Waals surface area (Å²) in [5.74, 6) is -0.401. The molecule has 1 atom stereocenters. The molecule has 0 saturated carbocycles. The van der Waals surface area contributed by atoms with Gasteiger partial charge in [0.05, 0.1) is 19.8 Å². The third-order valence-corrected chi connectivity index (χ3v) is 2.77. The second-order valence-electron chi connectivity index (χ2n) is 5.82. The van der Waals surface area contributed by atoms with Gasteiger partial charge in [-0.15, -0.1) is 0 Å². The van der Waals surface area contributed by atoms with Gasteiger partial charge in [-0.3, -0.25) is 4.79 Å². The SMILES string of the molecule is CC(C)(C)OC(=O)NC[C@@H](NC(=O)O)C(=O)N1CCOCC1. The van der Waals surface area contributed by atoms with E-state index in [2.05, 4.69) is 10.6 Å². The fraction of sp³-hybridized carbons (Fsp3) is 0.769. The second kappa shape index (κ2) is 7.83. The van der Waals surface area contributed by atoms with Crippen molar-refractivity contribution in [3.63, 3.8) is 0 Å². The molecule has 1 saturated heterocycles. The molecule has 9 heteroatoms. The summed E-state index contributed by atoms with van der Waals surface area (Å²) in [6.45, 7) is 6.54. The quantitative estimate of drug-likeness (QED) is 0.672. The predicted molar refractivity (Wildman–Crippen MR) is 76.6 cm³/mol. The van der Waals surface area contributed by atoms with Gasteiger partial charge in [0.15, 0.2) is 0 Å². The Morgan fingerprint density at radius 1 is 1.27 bits per heavy atom. The summed E-state index contributed by atoms with van der Waals surface area (Å²) in [7, 11) is 0. The monoisotopic (exact) mass is 317 g/mol. The number of hydrogen-bond donors (Lipinski definition) is 3. The average Bonchev–Trinajstić information content (AvgIpc) is 2.41. The van der Waals surface area contributed by atoms with Crippen LogP contribution in [0.3, 0.4) is 0 Å². The lowest BCUT2D eigenvalue weighted by molar-refractivity contribution is -0.137. The van der Waals surface area contributed by atoms with Crippen LogP contribution < -0.4 is 10.6 Å². The molecule has 0 unspecified atom stereocenters. The maximum atomic E-state index is 12.3. The maximum absolute atomic E-state index is 12.3. The first kappa shape index (κ1) is 18.0. The van der Waals surface area contributed by atoms with Gasteiger partial charge in [0.1, 0.15) is 11.6 Å². The lowest BCUT2D eigenvalue weighted by atomic mass is 10.2. The summed E-state index contributed by atoms with van der Waals surface area (Å²) in [5.41, 5.74) is -0.673. The molecule has 0 aliphatic carbocycles. The third-order valence-electron chi connectivity index (χ3n) is 2.77. The zero-order valence-electron chi connectivity index (χ0n) is 13.0.